The Morgan fingerprint density at radius 3 is 2.96 bits per heavy atom. The SMILES string of the molecule is C=CCNc1nccc(C(=O)NCCc2ccccc2OC)n1. The number of anilines is 1. The molecule has 6 nitrogen and oxygen atoms in total. The molecule has 23 heavy (non-hydrogen) atoms. The van der Waals surface area contributed by atoms with Gasteiger partial charge in [-0.25, -0.2) is 9.97 Å². The number of hydrogen-bond donors (Lipinski definition) is 2. The minimum atomic E-state index is -0.232. The molecule has 1 aromatic heterocycles. The third-order valence-corrected chi connectivity index (χ3v) is 3.17. The van der Waals surface area contributed by atoms with Crippen molar-refractivity contribution in [2.75, 3.05) is 25.5 Å². The van der Waals surface area contributed by atoms with Crippen molar-refractivity contribution in [2.45, 2.75) is 6.42 Å². The number of amides is 1. The molecule has 0 aliphatic carbocycles. The second kappa shape index (κ2) is 8.53. The first-order valence-electron chi connectivity index (χ1n) is 7.32. The van der Waals surface area contributed by atoms with Gasteiger partial charge in [0.15, 0.2) is 0 Å². The van der Waals surface area contributed by atoms with E-state index in [1.165, 1.54) is 0 Å². The maximum atomic E-state index is 12.1. The molecule has 0 aliphatic rings. The first-order chi connectivity index (χ1) is 11.2. The van der Waals surface area contributed by atoms with Crippen molar-refractivity contribution in [2.24, 2.45) is 0 Å². The molecule has 120 valence electrons. The van der Waals surface area contributed by atoms with Gasteiger partial charge in [0, 0.05) is 19.3 Å². The van der Waals surface area contributed by atoms with Gasteiger partial charge in [-0.1, -0.05) is 24.3 Å². The fourth-order valence-electron chi connectivity index (χ4n) is 2.04. The van der Waals surface area contributed by atoms with Crippen LogP contribution in [-0.2, 0) is 6.42 Å². The predicted molar refractivity (Wildman–Crippen MR) is 89.7 cm³/mol. The van der Waals surface area contributed by atoms with Gasteiger partial charge < -0.3 is 15.4 Å². The lowest BCUT2D eigenvalue weighted by molar-refractivity contribution is 0.0949. The summed E-state index contributed by atoms with van der Waals surface area (Å²) < 4.78 is 5.29. The summed E-state index contributed by atoms with van der Waals surface area (Å²) in [6.45, 7) is 4.65. The van der Waals surface area contributed by atoms with Gasteiger partial charge in [0.25, 0.3) is 5.91 Å². The van der Waals surface area contributed by atoms with Crippen LogP contribution in [0.5, 0.6) is 5.75 Å². The van der Waals surface area contributed by atoms with E-state index >= 15 is 0 Å². The first kappa shape index (κ1) is 16.5. The van der Waals surface area contributed by atoms with Crippen molar-refractivity contribution in [1.82, 2.24) is 15.3 Å². The quantitative estimate of drug-likeness (QED) is 0.730. The van der Waals surface area contributed by atoms with E-state index in [0.29, 0.717) is 31.2 Å². The molecule has 1 aromatic carbocycles. The third kappa shape index (κ3) is 4.81. The maximum absolute atomic E-state index is 12.1. The molecule has 0 spiro atoms. The predicted octanol–water partition coefficient (Wildman–Crippen LogP) is 2.06. The van der Waals surface area contributed by atoms with Crippen LogP contribution in [0.4, 0.5) is 5.95 Å². The summed E-state index contributed by atoms with van der Waals surface area (Å²) in [5.41, 5.74) is 1.37. The second-order valence-electron chi connectivity index (χ2n) is 4.75. The highest BCUT2D eigenvalue weighted by Crippen LogP contribution is 2.17. The molecule has 0 unspecified atom stereocenters. The van der Waals surface area contributed by atoms with Crippen LogP contribution in [0.15, 0.2) is 49.2 Å². The van der Waals surface area contributed by atoms with Gasteiger partial charge in [0.1, 0.15) is 11.4 Å². The monoisotopic (exact) mass is 312 g/mol. The standard InChI is InChI=1S/C17H20N4O2/c1-3-10-19-17-20-12-9-14(21-17)16(22)18-11-8-13-6-4-5-7-15(13)23-2/h3-7,9,12H,1,8,10-11H2,2H3,(H,18,22)(H,19,20,21). The lowest BCUT2D eigenvalue weighted by Gasteiger charge is -2.09. The number of nitrogens with zero attached hydrogens (tertiary/aromatic N) is 2. The number of methoxy groups -OCH3 is 1. The van der Waals surface area contributed by atoms with Gasteiger partial charge in [-0.15, -0.1) is 6.58 Å². The molecule has 6 heteroatoms. The fourth-order valence-corrected chi connectivity index (χ4v) is 2.04. The second-order valence-corrected chi connectivity index (χ2v) is 4.75. The molecule has 1 amide bonds. The molecule has 0 bridgehead atoms. The Morgan fingerprint density at radius 2 is 2.17 bits per heavy atom. The Morgan fingerprint density at radius 1 is 1.35 bits per heavy atom. The Bertz CT molecular complexity index is 673. The van der Waals surface area contributed by atoms with E-state index in [2.05, 4.69) is 27.2 Å². The van der Waals surface area contributed by atoms with Crippen LogP contribution in [0.25, 0.3) is 0 Å². The molecule has 2 N–H and O–H groups in total. The molecular formula is C17H20N4O2. The van der Waals surface area contributed by atoms with E-state index in [1.54, 1.807) is 25.4 Å². The number of carbonyl (C=O) groups is 1. The van der Waals surface area contributed by atoms with Gasteiger partial charge in [0.05, 0.1) is 7.11 Å². The van der Waals surface area contributed by atoms with Crippen LogP contribution in [0.1, 0.15) is 16.1 Å². The Hall–Kier alpha value is -2.89. The highest BCUT2D eigenvalue weighted by atomic mass is 16.5. The van der Waals surface area contributed by atoms with Crippen molar-refractivity contribution < 1.29 is 9.53 Å². The van der Waals surface area contributed by atoms with Crippen LogP contribution >= 0.6 is 0 Å². The highest BCUT2D eigenvalue weighted by molar-refractivity contribution is 5.92. The topological polar surface area (TPSA) is 76.1 Å². The number of hydrogen-bond acceptors (Lipinski definition) is 5. The molecule has 2 aromatic rings. The largest absolute Gasteiger partial charge is 0.496 e. The van der Waals surface area contributed by atoms with E-state index in [0.717, 1.165) is 11.3 Å². The number of ether oxygens (including phenoxy) is 1. The average molecular weight is 312 g/mol. The van der Waals surface area contributed by atoms with Crippen molar-refractivity contribution in [1.29, 1.82) is 0 Å². The molecule has 0 radical (unpaired) electrons. The zero-order valence-corrected chi connectivity index (χ0v) is 13.1. The smallest absolute Gasteiger partial charge is 0.270 e. The lowest BCUT2D eigenvalue weighted by atomic mass is 10.1. The first-order valence-corrected chi connectivity index (χ1v) is 7.32. The van der Waals surface area contributed by atoms with Gasteiger partial charge in [-0.05, 0) is 24.1 Å². The lowest BCUT2D eigenvalue weighted by Crippen LogP contribution is -2.27. The number of para-hydroxylation sites is 1. The number of benzene rings is 1. The van der Waals surface area contributed by atoms with Crippen molar-refractivity contribution in [3.63, 3.8) is 0 Å². The molecule has 1 heterocycles. The van der Waals surface area contributed by atoms with Crippen LogP contribution in [0, 0.1) is 0 Å². The van der Waals surface area contributed by atoms with Gasteiger partial charge in [0.2, 0.25) is 5.95 Å². The fraction of sp³-hybridized carbons (Fsp3) is 0.235. The van der Waals surface area contributed by atoms with Crippen LogP contribution < -0.4 is 15.4 Å². The summed E-state index contributed by atoms with van der Waals surface area (Å²) in [6, 6.07) is 9.32. The van der Waals surface area contributed by atoms with Gasteiger partial charge in [-0.3, -0.25) is 4.79 Å². The molecular weight excluding hydrogens is 292 g/mol. The zero-order chi connectivity index (χ0) is 16.5. The minimum Gasteiger partial charge on any atom is -0.496 e. The molecule has 0 aliphatic heterocycles. The molecule has 0 saturated carbocycles. The molecule has 0 saturated heterocycles. The van der Waals surface area contributed by atoms with E-state index < -0.39 is 0 Å². The summed E-state index contributed by atoms with van der Waals surface area (Å²) >= 11 is 0. The third-order valence-electron chi connectivity index (χ3n) is 3.17. The van der Waals surface area contributed by atoms with Crippen molar-refractivity contribution in [3.8, 4) is 5.75 Å². The summed E-state index contributed by atoms with van der Waals surface area (Å²) in [5.74, 6) is 0.992. The number of carbonyl (C=O) groups excluding carboxylic acids is 1. The van der Waals surface area contributed by atoms with Crippen molar-refractivity contribution >= 4 is 11.9 Å². The molecule has 0 atom stereocenters. The summed E-state index contributed by atoms with van der Waals surface area (Å²) in [4.78, 5) is 20.3. The maximum Gasteiger partial charge on any atom is 0.270 e. The van der Waals surface area contributed by atoms with Crippen LogP contribution in [0.2, 0.25) is 0 Å². The van der Waals surface area contributed by atoms with Crippen molar-refractivity contribution in [3.05, 3.63) is 60.4 Å². The van der Waals surface area contributed by atoms with Gasteiger partial charge >= 0.3 is 0 Å². The molecule has 0 fully saturated rings. The van der Waals surface area contributed by atoms with E-state index in [4.69, 9.17) is 4.74 Å². The minimum absolute atomic E-state index is 0.232. The van der Waals surface area contributed by atoms with E-state index in [-0.39, 0.29) is 5.91 Å². The number of rotatable bonds is 8. The zero-order valence-electron chi connectivity index (χ0n) is 13.1. The van der Waals surface area contributed by atoms with E-state index in [1.807, 2.05) is 24.3 Å². The summed E-state index contributed by atoms with van der Waals surface area (Å²) in [5, 5.41) is 5.80. The Labute approximate surface area is 135 Å². The van der Waals surface area contributed by atoms with Crippen LogP contribution in [-0.4, -0.2) is 36.1 Å². The Kier molecular flexibility index (Phi) is 6.11. The number of nitrogens with one attached hydrogen (secondary N) is 2. The average Bonchev–Trinajstić information content (AvgIpc) is 2.60. The van der Waals surface area contributed by atoms with Crippen LogP contribution in [0.3, 0.4) is 0 Å². The molecule has 2 rings (SSSR count). The summed E-state index contributed by atoms with van der Waals surface area (Å²) in [6.07, 6.45) is 3.93. The normalized spacial score (nSPS) is 9.96. The summed E-state index contributed by atoms with van der Waals surface area (Å²) in [7, 11) is 1.64. The highest BCUT2D eigenvalue weighted by Gasteiger charge is 2.09. The van der Waals surface area contributed by atoms with Gasteiger partial charge in [-0.2, -0.15) is 0 Å². The Balaban J connectivity index is 1.90. The van der Waals surface area contributed by atoms with E-state index in [9.17, 15) is 4.79 Å². The number of aromatic nitrogens is 2.